The number of fused-ring (bicyclic) bond motifs is 4. The Balaban J connectivity index is 1.14. The van der Waals surface area contributed by atoms with E-state index in [0.29, 0.717) is 11.8 Å². The third-order valence-corrected chi connectivity index (χ3v) is 10.6. The summed E-state index contributed by atoms with van der Waals surface area (Å²) in [6.07, 6.45) is 0. The van der Waals surface area contributed by atoms with Gasteiger partial charge >= 0.3 is 0 Å². The number of hydrogen-bond acceptors (Lipinski definition) is 5. The van der Waals surface area contributed by atoms with Crippen molar-refractivity contribution in [2.75, 3.05) is 0 Å². The summed E-state index contributed by atoms with van der Waals surface area (Å²) in [6, 6.07) is 64.9. The quantitative estimate of drug-likeness (QED) is 0.171. The molecule has 0 amide bonds. The summed E-state index contributed by atoms with van der Waals surface area (Å²) >= 11 is 0. The zero-order valence-corrected chi connectivity index (χ0v) is 30.1. The van der Waals surface area contributed by atoms with Crippen LogP contribution in [-0.2, 0) is 0 Å². The molecule has 5 nitrogen and oxygen atoms in total. The van der Waals surface area contributed by atoms with Crippen LogP contribution in [0.4, 0.5) is 0 Å². The van der Waals surface area contributed by atoms with Crippen LogP contribution in [0.15, 0.2) is 197 Å². The Bertz CT molecular complexity index is 2960. The van der Waals surface area contributed by atoms with Crippen LogP contribution in [0.5, 0.6) is 0 Å². The van der Waals surface area contributed by atoms with Crippen molar-refractivity contribution in [1.29, 1.82) is 0 Å². The Hall–Kier alpha value is -7.63. The summed E-state index contributed by atoms with van der Waals surface area (Å²) < 4.78 is 12.3. The molecule has 0 spiro atoms. The molecular formula is C51H31N3O2. The molecule has 0 radical (unpaired) electrons. The molecule has 0 fully saturated rings. The van der Waals surface area contributed by atoms with Gasteiger partial charge in [0.25, 0.3) is 0 Å². The van der Waals surface area contributed by atoms with Crippen molar-refractivity contribution >= 4 is 43.7 Å². The third-order valence-electron chi connectivity index (χ3n) is 10.6. The standard InChI is InChI=1S/C51H31N3O2/c1-3-15-38-32(11-1)13-9-17-40(38)42-31-43(41-18-10-14-33-12-2-4-16-39(33)41)49(35-25-29-37(30-26-35)51-53-45-20-6-8-22-47(45)56-51)54-48(42)34-23-27-36(28-24-34)50-52-44-19-5-7-21-46(44)55-50/h1-31H. The minimum absolute atomic E-state index is 0.589. The predicted octanol–water partition coefficient (Wildman–Crippen LogP) is 13.7. The van der Waals surface area contributed by atoms with E-state index < -0.39 is 0 Å². The number of hydrogen-bond donors (Lipinski definition) is 0. The lowest BCUT2D eigenvalue weighted by Gasteiger charge is -2.19. The number of rotatable bonds is 6. The van der Waals surface area contributed by atoms with Crippen LogP contribution in [0, 0.1) is 0 Å². The first-order valence-corrected chi connectivity index (χ1v) is 18.7. The summed E-state index contributed by atoms with van der Waals surface area (Å²) in [6.45, 7) is 0. The van der Waals surface area contributed by atoms with E-state index in [9.17, 15) is 0 Å². The average Bonchev–Trinajstić information content (AvgIpc) is 3.91. The van der Waals surface area contributed by atoms with E-state index >= 15 is 0 Å². The maximum absolute atomic E-state index is 6.14. The van der Waals surface area contributed by atoms with Crippen LogP contribution in [0.2, 0.25) is 0 Å². The first kappa shape index (κ1) is 31.9. The van der Waals surface area contributed by atoms with Gasteiger partial charge in [0.1, 0.15) is 11.0 Å². The van der Waals surface area contributed by atoms with Crippen LogP contribution >= 0.6 is 0 Å². The van der Waals surface area contributed by atoms with Crippen LogP contribution in [0.25, 0.3) is 111 Å². The van der Waals surface area contributed by atoms with Gasteiger partial charge in [0.2, 0.25) is 11.8 Å². The molecule has 0 unspecified atom stereocenters. The van der Waals surface area contributed by atoms with Gasteiger partial charge < -0.3 is 8.83 Å². The molecule has 0 bridgehead atoms. The van der Waals surface area contributed by atoms with E-state index in [1.807, 2.05) is 48.5 Å². The Morgan fingerprint density at radius 2 is 0.696 bits per heavy atom. The fourth-order valence-corrected chi connectivity index (χ4v) is 7.82. The minimum Gasteiger partial charge on any atom is -0.436 e. The van der Waals surface area contributed by atoms with Gasteiger partial charge in [0.05, 0.1) is 11.4 Å². The fourth-order valence-electron chi connectivity index (χ4n) is 7.82. The SMILES string of the molecule is c1ccc2c(-c3cc(-c4cccc5ccccc45)c(-c4ccc(-c5nc6ccccc6o5)cc4)nc3-c3ccc(-c4nc5ccccc5o4)cc3)cccc2c1. The lowest BCUT2D eigenvalue weighted by atomic mass is 9.88. The Labute approximate surface area is 322 Å². The van der Waals surface area contributed by atoms with Crippen molar-refractivity contribution in [1.82, 2.24) is 15.0 Å². The van der Waals surface area contributed by atoms with Crippen LogP contribution < -0.4 is 0 Å². The highest BCUT2D eigenvalue weighted by Crippen LogP contribution is 2.44. The van der Waals surface area contributed by atoms with Crippen molar-refractivity contribution in [3.63, 3.8) is 0 Å². The molecule has 3 aromatic heterocycles. The van der Waals surface area contributed by atoms with Crippen LogP contribution in [0.3, 0.4) is 0 Å². The normalized spacial score (nSPS) is 11.6. The van der Waals surface area contributed by atoms with Crippen molar-refractivity contribution in [3.8, 4) is 67.7 Å². The Kier molecular flexibility index (Phi) is 7.42. The molecular weight excluding hydrogens is 687 g/mol. The molecule has 56 heavy (non-hydrogen) atoms. The third kappa shape index (κ3) is 5.45. The first-order chi connectivity index (χ1) is 27.7. The molecule has 0 N–H and O–H groups in total. The van der Waals surface area contributed by atoms with Crippen molar-refractivity contribution in [3.05, 3.63) is 188 Å². The van der Waals surface area contributed by atoms with Crippen molar-refractivity contribution in [2.45, 2.75) is 0 Å². The lowest BCUT2D eigenvalue weighted by Crippen LogP contribution is -1.98. The van der Waals surface area contributed by atoms with Gasteiger partial charge in [-0.1, -0.05) is 133 Å². The number of benzene rings is 8. The van der Waals surface area contributed by atoms with Gasteiger partial charge in [0, 0.05) is 33.4 Å². The summed E-state index contributed by atoms with van der Waals surface area (Å²) in [7, 11) is 0. The molecule has 0 atom stereocenters. The van der Waals surface area contributed by atoms with Gasteiger partial charge in [-0.15, -0.1) is 0 Å². The second-order valence-corrected chi connectivity index (χ2v) is 14.0. The maximum Gasteiger partial charge on any atom is 0.227 e. The zero-order valence-electron chi connectivity index (χ0n) is 30.1. The van der Waals surface area contributed by atoms with Crippen molar-refractivity contribution < 1.29 is 8.83 Å². The van der Waals surface area contributed by atoms with E-state index in [1.165, 1.54) is 21.5 Å². The number of para-hydroxylation sites is 4. The second-order valence-electron chi connectivity index (χ2n) is 14.0. The highest BCUT2D eigenvalue weighted by molar-refractivity contribution is 6.05. The predicted molar refractivity (Wildman–Crippen MR) is 227 cm³/mol. The topological polar surface area (TPSA) is 65.0 Å². The minimum atomic E-state index is 0.589. The van der Waals surface area contributed by atoms with Gasteiger partial charge in [-0.25, -0.2) is 15.0 Å². The van der Waals surface area contributed by atoms with Gasteiger partial charge in [-0.2, -0.15) is 0 Å². The molecule has 3 heterocycles. The van der Waals surface area contributed by atoms with Gasteiger partial charge in [-0.3, -0.25) is 0 Å². The molecule has 0 aliphatic carbocycles. The smallest absolute Gasteiger partial charge is 0.227 e. The number of nitrogens with zero attached hydrogens (tertiary/aromatic N) is 3. The monoisotopic (exact) mass is 717 g/mol. The molecule has 8 aromatic carbocycles. The van der Waals surface area contributed by atoms with Crippen molar-refractivity contribution in [2.24, 2.45) is 0 Å². The Morgan fingerprint density at radius 3 is 1.16 bits per heavy atom. The summed E-state index contributed by atoms with van der Waals surface area (Å²) in [5.41, 5.74) is 13.1. The molecule has 11 aromatic rings. The zero-order chi connectivity index (χ0) is 37.0. The van der Waals surface area contributed by atoms with Gasteiger partial charge in [-0.05, 0) is 87.3 Å². The fraction of sp³-hybridized carbons (Fsp3) is 0. The highest BCUT2D eigenvalue weighted by Gasteiger charge is 2.21. The number of pyridine rings is 1. The number of oxazole rings is 2. The van der Waals surface area contributed by atoms with E-state index in [0.717, 1.165) is 78.1 Å². The molecule has 0 aliphatic heterocycles. The maximum atomic E-state index is 6.14. The van der Waals surface area contributed by atoms with Crippen LogP contribution in [0.1, 0.15) is 0 Å². The van der Waals surface area contributed by atoms with E-state index in [1.54, 1.807) is 0 Å². The van der Waals surface area contributed by atoms with E-state index in [-0.39, 0.29) is 0 Å². The second kappa shape index (κ2) is 13.0. The van der Waals surface area contributed by atoms with E-state index in [4.69, 9.17) is 23.8 Å². The average molecular weight is 718 g/mol. The summed E-state index contributed by atoms with van der Waals surface area (Å²) in [4.78, 5) is 15.2. The van der Waals surface area contributed by atoms with Gasteiger partial charge in [0.15, 0.2) is 11.2 Å². The molecule has 0 saturated heterocycles. The molecule has 0 aliphatic rings. The highest BCUT2D eigenvalue weighted by atomic mass is 16.4. The van der Waals surface area contributed by atoms with E-state index in [2.05, 4.69) is 140 Å². The summed E-state index contributed by atoms with van der Waals surface area (Å²) in [5.74, 6) is 1.18. The summed E-state index contributed by atoms with van der Waals surface area (Å²) in [5, 5.41) is 4.68. The number of aromatic nitrogens is 3. The molecule has 5 heteroatoms. The Morgan fingerprint density at radius 1 is 0.304 bits per heavy atom. The lowest BCUT2D eigenvalue weighted by molar-refractivity contribution is 0.619. The molecule has 262 valence electrons. The molecule has 11 rings (SSSR count). The largest absolute Gasteiger partial charge is 0.436 e. The first-order valence-electron chi connectivity index (χ1n) is 18.7. The van der Waals surface area contributed by atoms with Crippen LogP contribution in [-0.4, -0.2) is 15.0 Å². The molecule has 0 saturated carbocycles.